The molecule has 0 radical (unpaired) electrons. The minimum Gasteiger partial charge on any atom is -0.302 e. The first-order valence-corrected chi connectivity index (χ1v) is 11.8. The molecule has 0 unspecified atom stereocenters. The third-order valence-electron chi connectivity index (χ3n) is 4.40. The molecule has 0 atom stereocenters. The smallest absolute Gasteiger partial charge is 0.255 e. The molecule has 10 heteroatoms. The third-order valence-corrected chi connectivity index (χ3v) is 6.75. The van der Waals surface area contributed by atoms with Gasteiger partial charge in [-0.2, -0.15) is 0 Å². The third kappa shape index (κ3) is 5.46. The highest BCUT2D eigenvalue weighted by Gasteiger charge is 2.15. The maximum absolute atomic E-state index is 12.6. The van der Waals surface area contributed by atoms with Crippen LogP contribution in [-0.4, -0.2) is 20.9 Å². The number of thiazole rings is 1. The van der Waals surface area contributed by atoms with E-state index in [0.29, 0.717) is 37.3 Å². The molecule has 0 bridgehead atoms. The van der Waals surface area contributed by atoms with Gasteiger partial charge in [0.05, 0.1) is 16.6 Å². The Morgan fingerprint density at radius 3 is 2.74 bits per heavy atom. The van der Waals surface area contributed by atoms with Gasteiger partial charge in [-0.25, -0.2) is 9.97 Å². The van der Waals surface area contributed by atoms with Crippen LogP contribution in [0.1, 0.15) is 16.8 Å². The summed E-state index contributed by atoms with van der Waals surface area (Å²) in [5.41, 5.74) is 2.30. The van der Waals surface area contributed by atoms with Crippen LogP contribution in [0, 0.1) is 6.92 Å². The topological polar surface area (TPSA) is 87.7 Å². The number of hydrogen-bond acceptors (Lipinski definition) is 6. The Morgan fingerprint density at radius 2 is 1.97 bits per heavy atom. The number of thioether (sulfide) groups is 1. The number of anilines is 1. The minimum absolute atomic E-state index is 0.0932. The molecule has 4 rings (SSSR count). The van der Waals surface area contributed by atoms with Crippen LogP contribution >= 0.6 is 46.3 Å². The summed E-state index contributed by atoms with van der Waals surface area (Å²) in [6, 6.07) is 12.8. The van der Waals surface area contributed by atoms with Crippen LogP contribution in [0.15, 0.2) is 52.4 Å². The fraction of sp³-hybridized carbons (Fsp3) is 0.143. The number of nitrogens with zero attached hydrogens (tertiary/aromatic N) is 2. The van der Waals surface area contributed by atoms with E-state index < -0.39 is 0 Å². The summed E-state index contributed by atoms with van der Waals surface area (Å²) in [4.78, 5) is 36.6. The zero-order valence-corrected chi connectivity index (χ0v) is 19.4. The summed E-state index contributed by atoms with van der Waals surface area (Å²) < 4.78 is 0.875. The number of amides is 1. The average molecular weight is 491 g/mol. The van der Waals surface area contributed by atoms with Gasteiger partial charge in [0, 0.05) is 27.1 Å². The molecule has 4 aromatic rings. The Bertz CT molecular complexity index is 1340. The van der Waals surface area contributed by atoms with Gasteiger partial charge in [-0.3, -0.25) is 9.59 Å². The summed E-state index contributed by atoms with van der Waals surface area (Å²) in [5, 5.41) is 4.97. The first kappa shape index (κ1) is 21.8. The number of benzene rings is 2. The molecular weight excluding hydrogens is 475 g/mol. The molecule has 0 fully saturated rings. The number of fused-ring (bicyclic) bond motifs is 1. The standard InChI is InChI=1S/C21H16Cl2N4O2S2/c1-11-15(9-18(28)26-21-25-16-6-5-14(23)8-17(16)31-21)19(29)27-20(24-11)30-10-12-3-2-4-13(22)7-12/h2-8H,9-10H2,1H3,(H,24,27,29)(H,25,26,28). The molecule has 2 aromatic heterocycles. The molecule has 6 nitrogen and oxygen atoms in total. The van der Waals surface area contributed by atoms with Crippen molar-refractivity contribution in [1.82, 2.24) is 15.0 Å². The van der Waals surface area contributed by atoms with Gasteiger partial charge in [0.15, 0.2) is 10.3 Å². The number of rotatable bonds is 6. The zero-order chi connectivity index (χ0) is 22.0. The van der Waals surface area contributed by atoms with Crippen LogP contribution in [0.25, 0.3) is 10.2 Å². The van der Waals surface area contributed by atoms with E-state index in [1.807, 2.05) is 24.3 Å². The molecule has 0 aliphatic carbocycles. The van der Waals surface area contributed by atoms with Gasteiger partial charge in [-0.05, 0) is 42.8 Å². The minimum atomic E-state index is -0.333. The lowest BCUT2D eigenvalue weighted by Gasteiger charge is -2.07. The lowest BCUT2D eigenvalue weighted by Crippen LogP contribution is -2.23. The van der Waals surface area contributed by atoms with Crippen LogP contribution in [0.4, 0.5) is 5.13 Å². The molecule has 2 N–H and O–H groups in total. The summed E-state index contributed by atoms with van der Waals surface area (Å²) in [6.45, 7) is 1.72. The Labute approximate surface area is 196 Å². The van der Waals surface area contributed by atoms with Crippen LogP contribution in [-0.2, 0) is 17.0 Å². The fourth-order valence-electron chi connectivity index (χ4n) is 2.92. The number of aryl methyl sites for hydroxylation is 1. The number of aromatic nitrogens is 3. The predicted octanol–water partition coefficient (Wildman–Crippen LogP) is 5.47. The number of carbonyl (C=O) groups is 1. The number of carbonyl (C=O) groups excluding carboxylic acids is 1. The normalized spacial score (nSPS) is 11.1. The van der Waals surface area contributed by atoms with Crippen LogP contribution in [0.5, 0.6) is 0 Å². The number of aromatic amines is 1. The summed E-state index contributed by atoms with van der Waals surface area (Å²) in [7, 11) is 0. The van der Waals surface area contributed by atoms with Gasteiger partial charge in [0.1, 0.15) is 0 Å². The number of halogens is 2. The van der Waals surface area contributed by atoms with E-state index in [-0.39, 0.29) is 17.9 Å². The van der Waals surface area contributed by atoms with Crippen molar-refractivity contribution in [3.8, 4) is 0 Å². The van der Waals surface area contributed by atoms with Crippen LogP contribution in [0.3, 0.4) is 0 Å². The molecule has 2 aromatic carbocycles. The largest absolute Gasteiger partial charge is 0.302 e. The molecule has 1 amide bonds. The second-order valence-electron chi connectivity index (χ2n) is 6.71. The van der Waals surface area contributed by atoms with E-state index >= 15 is 0 Å². The molecule has 158 valence electrons. The van der Waals surface area contributed by atoms with Gasteiger partial charge in [-0.15, -0.1) is 0 Å². The van der Waals surface area contributed by atoms with E-state index in [0.717, 1.165) is 15.8 Å². The van der Waals surface area contributed by atoms with Gasteiger partial charge >= 0.3 is 0 Å². The second-order valence-corrected chi connectivity index (χ2v) is 9.58. The lowest BCUT2D eigenvalue weighted by atomic mass is 10.1. The number of H-pyrrole nitrogens is 1. The quantitative estimate of drug-likeness (QED) is 0.276. The Kier molecular flexibility index (Phi) is 6.62. The zero-order valence-electron chi connectivity index (χ0n) is 16.2. The maximum atomic E-state index is 12.6. The molecule has 2 heterocycles. The molecule has 0 aliphatic rings. The van der Waals surface area contributed by atoms with E-state index in [2.05, 4.69) is 20.3 Å². The maximum Gasteiger partial charge on any atom is 0.255 e. The van der Waals surface area contributed by atoms with E-state index in [1.165, 1.54) is 23.1 Å². The first-order chi connectivity index (χ1) is 14.9. The van der Waals surface area contributed by atoms with Crippen molar-refractivity contribution in [3.05, 3.63) is 79.7 Å². The van der Waals surface area contributed by atoms with Crippen molar-refractivity contribution >= 4 is 67.6 Å². The number of hydrogen-bond donors (Lipinski definition) is 2. The lowest BCUT2D eigenvalue weighted by molar-refractivity contribution is -0.115. The number of nitrogens with one attached hydrogen (secondary N) is 2. The highest BCUT2D eigenvalue weighted by Crippen LogP contribution is 2.28. The van der Waals surface area contributed by atoms with Crippen LogP contribution in [0.2, 0.25) is 10.0 Å². The van der Waals surface area contributed by atoms with Crippen molar-refractivity contribution in [2.45, 2.75) is 24.3 Å². The van der Waals surface area contributed by atoms with Gasteiger partial charge in [-0.1, -0.05) is 58.4 Å². The molecule has 31 heavy (non-hydrogen) atoms. The Hall–Kier alpha value is -2.39. The highest BCUT2D eigenvalue weighted by atomic mass is 35.5. The van der Waals surface area contributed by atoms with Gasteiger partial charge in [0.2, 0.25) is 5.91 Å². The molecule has 0 saturated heterocycles. The van der Waals surface area contributed by atoms with Crippen molar-refractivity contribution < 1.29 is 4.79 Å². The fourth-order valence-corrected chi connectivity index (χ4v) is 5.14. The molecule has 0 spiro atoms. The Balaban J connectivity index is 1.43. The molecule has 0 aliphatic heterocycles. The van der Waals surface area contributed by atoms with Crippen molar-refractivity contribution in [3.63, 3.8) is 0 Å². The van der Waals surface area contributed by atoms with Crippen molar-refractivity contribution in [2.75, 3.05) is 5.32 Å². The first-order valence-electron chi connectivity index (χ1n) is 9.20. The molecular formula is C21H16Cl2N4O2S2. The van der Waals surface area contributed by atoms with Crippen LogP contribution < -0.4 is 10.9 Å². The van der Waals surface area contributed by atoms with E-state index in [1.54, 1.807) is 25.1 Å². The van der Waals surface area contributed by atoms with Gasteiger partial charge < -0.3 is 10.3 Å². The second kappa shape index (κ2) is 9.40. The van der Waals surface area contributed by atoms with Crippen molar-refractivity contribution in [1.29, 1.82) is 0 Å². The summed E-state index contributed by atoms with van der Waals surface area (Å²) in [5.74, 6) is 0.282. The summed E-state index contributed by atoms with van der Waals surface area (Å²) in [6.07, 6.45) is -0.0932. The van der Waals surface area contributed by atoms with Gasteiger partial charge in [0.25, 0.3) is 5.56 Å². The molecule has 0 saturated carbocycles. The monoisotopic (exact) mass is 490 g/mol. The SMILES string of the molecule is Cc1nc(SCc2cccc(Cl)c2)[nH]c(=O)c1CC(=O)Nc1nc2ccc(Cl)cc2s1. The van der Waals surface area contributed by atoms with Crippen molar-refractivity contribution in [2.24, 2.45) is 0 Å². The predicted molar refractivity (Wildman–Crippen MR) is 128 cm³/mol. The summed E-state index contributed by atoms with van der Waals surface area (Å²) >= 11 is 14.7. The van der Waals surface area contributed by atoms with E-state index in [4.69, 9.17) is 23.2 Å². The average Bonchev–Trinajstić information content (AvgIpc) is 3.10. The Morgan fingerprint density at radius 1 is 1.16 bits per heavy atom. The van der Waals surface area contributed by atoms with E-state index in [9.17, 15) is 9.59 Å². The highest BCUT2D eigenvalue weighted by molar-refractivity contribution is 7.98.